The zero-order chi connectivity index (χ0) is 23.0. The molecule has 3 aromatic rings. The number of carbonyl (C=O) groups excluding carboxylic acids is 1. The van der Waals surface area contributed by atoms with Gasteiger partial charge in [0.15, 0.2) is 5.78 Å². The van der Waals surface area contributed by atoms with Crippen LogP contribution < -0.4 is 0 Å². The summed E-state index contributed by atoms with van der Waals surface area (Å²) >= 11 is 0. The number of ketones is 1. The number of H-pyrrole nitrogens is 1. The minimum atomic E-state index is -0.434. The van der Waals surface area contributed by atoms with Gasteiger partial charge in [0, 0.05) is 34.6 Å². The summed E-state index contributed by atoms with van der Waals surface area (Å²) in [5.74, 6) is 0.000633. The summed E-state index contributed by atoms with van der Waals surface area (Å²) in [7, 11) is 0. The van der Waals surface area contributed by atoms with Crippen LogP contribution >= 0.6 is 0 Å². The van der Waals surface area contributed by atoms with Gasteiger partial charge in [-0.15, -0.1) is 0 Å². The van der Waals surface area contributed by atoms with Gasteiger partial charge in [-0.1, -0.05) is 55.5 Å². The molecule has 0 spiro atoms. The van der Waals surface area contributed by atoms with Crippen molar-refractivity contribution in [2.75, 3.05) is 6.61 Å². The summed E-state index contributed by atoms with van der Waals surface area (Å²) in [6.07, 6.45) is 4.80. The van der Waals surface area contributed by atoms with Crippen LogP contribution in [0.5, 0.6) is 0 Å². The maximum atomic E-state index is 13.0. The number of aromatic nitrogens is 2. The van der Waals surface area contributed by atoms with Crippen molar-refractivity contribution in [3.8, 4) is 11.3 Å². The summed E-state index contributed by atoms with van der Waals surface area (Å²) < 4.78 is 0. The Labute approximate surface area is 194 Å². The van der Waals surface area contributed by atoms with Gasteiger partial charge in [-0.25, -0.2) is 0 Å². The second-order valence-corrected chi connectivity index (χ2v) is 9.42. The van der Waals surface area contributed by atoms with Crippen molar-refractivity contribution >= 4 is 5.78 Å². The lowest BCUT2D eigenvalue weighted by molar-refractivity contribution is -0.123. The molecule has 0 radical (unpaired) electrons. The van der Waals surface area contributed by atoms with Crippen LogP contribution in [0, 0.1) is 11.8 Å². The first kappa shape index (κ1) is 21.7. The first-order valence-corrected chi connectivity index (χ1v) is 11.8. The maximum Gasteiger partial charge on any atom is 0.165 e. The van der Waals surface area contributed by atoms with Gasteiger partial charge in [-0.05, 0) is 55.2 Å². The molecule has 1 heterocycles. The highest BCUT2D eigenvalue weighted by atomic mass is 16.3. The Morgan fingerprint density at radius 3 is 2.76 bits per heavy atom. The number of carbonyl (C=O) groups is 1. The number of fused-ring (bicyclic) bond motifs is 3. The standard InChI is InChI=1S/C28H30N2O3/c1-18-24-13-12-23-25(20-9-5-7-19(15-20)8-6-14-31)29-30-27(23)28(24,16-21(17-32)26(18)33)22-10-3-2-4-11-22/h2-5,7,9-11,15,17-18,24,31-32H,6,8,12-14,16H2,1H3,(H,29,30)/t18-,24-,28+/m0/s1. The van der Waals surface area contributed by atoms with Crippen LogP contribution in [-0.2, 0) is 23.1 Å². The largest absolute Gasteiger partial charge is 0.515 e. The zero-order valence-electron chi connectivity index (χ0n) is 18.9. The lowest BCUT2D eigenvalue weighted by atomic mass is 9.52. The van der Waals surface area contributed by atoms with Gasteiger partial charge in [0.05, 0.1) is 17.6 Å². The monoisotopic (exact) mass is 442 g/mol. The molecule has 2 aliphatic carbocycles. The summed E-state index contributed by atoms with van der Waals surface area (Å²) in [6, 6.07) is 18.8. The molecule has 5 nitrogen and oxygen atoms in total. The van der Waals surface area contributed by atoms with Gasteiger partial charge in [0.25, 0.3) is 0 Å². The first-order valence-electron chi connectivity index (χ1n) is 11.8. The van der Waals surface area contributed by atoms with Crippen LogP contribution in [0.1, 0.15) is 48.6 Å². The summed E-state index contributed by atoms with van der Waals surface area (Å²) in [6.45, 7) is 2.18. The van der Waals surface area contributed by atoms with Crippen molar-refractivity contribution in [2.24, 2.45) is 11.8 Å². The Morgan fingerprint density at radius 1 is 1.18 bits per heavy atom. The minimum Gasteiger partial charge on any atom is -0.515 e. The quantitative estimate of drug-likeness (QED) is 0.387. The van der Waals surface area contributed by atoms with Gasteiger partial charge in [-0.2, -0.15) is 5.10 Å². The SMILES string of the molecule is C[C@@H]1C(=O)C(=CO)C[C@]2(c3ccccc3)c3[nH]nc(-c4cccc(CCCO)c4)c3CC[C@@H]12. The van der Waals surface area contributed by atoms with Crippen molar-refractivity contribution in [2.45, 2.75) is 44.4 Å². The Balaban J connectivity index is 1.67. The number of aliphatic hydroxyl groups excluding tert-OH is 2. The molecule has 5 rings (SSSR count). The van der Waals surface area contributed by atoms with Crippen LogP contribution in [-0.4, -0.2) is 32.8 Å². The van der Waals surface area contributed by atoms with Crippen LogP contribution in [0.15, 0.2) is 66.4 Å². The van der Waals surface area contributed by atoms with Crippen LogP contribution in [0.4, 0.5) is 0 Å². The Morgan fingerprint density at radius 2 is 2.00 bits per heavy atom. The van der Waals surface area contributed by atoms with Crippen molar-refractivity contribution in [1.29, 1.82) is 0 Å². The average molecular weight is 443 g/mol. The Bertz CT molecular complexity index is 1200. The molecular weight excluding hydrogens is 412 g/mol. The Hall–Kier alpha value is -3.18. The van der Waals surface area contributed by atoms with Crippen LogP contribution in [0.25, 0.3) is 11.3 Å². The number of nitrogens with zero attached hydrogens (tertiary/aromatic N) is 1. The number of aromatic amines is 1. The number of aliphatic hydroxyl groups is 2. The van der Waals surface area contributed by atoms with Crippen molar-refractivity contribution in [1.82, 2.24) is 10.2 Å². The van der Waals surface area contributed by atoms with Crippen LogP contribution in [0.2, 0.25) is 0 Å². The molecule has 2 aliphatic rings. The van der Waals surface area contributed by atoms with E-state index in [1.165, 1.54) is 11.1 Å². The molecule has 0 aliphatic heterocycles. The van der Waals surface area contributed by atoms with Gasteiger partial charge < -0.3 is 10.2 Å². The first-order chi connectivity index (χ1) is 16.1. The van der Waals surface area contributed by atoms with E-state index in [0.717, 1.165) is 54.5 Å². The number of Topliss-reactive ketones (excluding diaryl/α,β-unsaturated/α-hetero) is 1. The smallest absolute Gasteiger partial charge is 0.165 e. The molecule has 170 valence electrons. The molecule has 1 saturated carbocycles. The number of nitrogens with one attached hydrogen (secondary N) is 1. The molecule has 0 saturated heterocycles. The molecule has 0 bridgehead atoms. The van der Waals surface area contributed by atoms with E-state index in [2.05, 4.69) is 41.5 Å². The second kappa shape index (κ2) is 8.64. The molecule has 0 amide bonds. The predicted octanol–water partition coefficient (Wildman–Crippen LogP) is 4.90. The average Bonchev–Trinajstić information content (AvgIpc) is 3.30. The molecule has 1 fully saturated rings. The molecule has 5 heteroatoms. The van der Waals surface area contributed by atoms with Crippen molar-refractivity contribution in [3.63, 3.8) is 0 Å². The van der Waals surface area contributed by atoms with E-state index in [9.17, 15) is 15.0 Å². The van der Waals surface area contributed by atoms with Crippen molar-refractivity contribution < 1.29 is 15.0 Å². The fourth-order valence-corrected chi connectivity index (χ4v) is 6.17. The fraction of sp³-hybridized carbons (Fsp3) is 0.357. The van der Waals surface area contributed by atoms with Gasteiger partial charge in [-0.3, -0.25) is 9.89 Å². The Kier molecular flexibility index (Phi) is 5.67. The number of rotatable bonds is 5. The number of hydrogen-bond acceptors (Lipinski definition) is 4. The molecule has 2 aromatic carbocycles. The van der Waals surface area contributed by atoms with E-state index < -0.39 is 5.41 Å². The van der Waals surface area contributed by atoms with E-state index in [0.29, 0.717) is 12.0 Å². The molecule has 3 N–H and O–H groups in total. The van der Waals surface area contributed by atoms with E-state index in [1.54, 1.807) is 0 Å². The van der Waals surface area contributed by atoms with E-state index in [-0.39, 0.29) is 24.2 Å². The second-order valence-electron chi connectivity index (χ2n) is 9.42. The van der Waals surface area contributed by atoms with Gasteiger partial charge >= 0.3 is 0 Å². The highest BCUT2D eigenvalue weighted by Gasteiger charge is 2.55. The minimum absolute atomic E-state index is 0.0498. The highest BCUT2D eigenvalue weighted by molar-refractivity contribution is 5.98. The number of benzene rings is 2. The van der Waals surface area contributed by atoms with E-state index in [1.807, 2.05) is 25.1 Å². The third kappa shape index (κ3) is 3.42. The molecule has 0 unspecified atom stereocenters. The van der Waals surface area contributed by atoms with Gasteiger partial charge in [0.2, 0.25) is 0 Å². The molecule has 1 aromatic heterocycles. The van der Waals surface area contributed by atoms with E-state index in [4.69, 9.17) is 5.10 Å². The topological polar surface area (TPSA) is 86.2 Å². The summed E-state index contributed by atoms with van der Waals surface area (Å²) in [4.78, 5) is 13.0. The maximum absolute atomic E-state index is 13.0. The predicted molar refractivity (Wildman–Crippen MR) is 128 cm³/mol. The van der Waals surface area contributed by atoms with Crippen molar-refractivity contribution in [3.05, 3.63) is 88.8 Å². The highest BCUT2D eigenvalue weighted by Crippen LogP contribution is 2.56. The van der Waals surface area contributed by atoms with Gasteiger partial charge in [0.1, 0.15) is 0 Å². The summed E-state index contributed by atoms with van der Waals surface area (Å²) in [5, 5.41) is 27.3. The normalized spacial score (nSPS) is 25.6. The molecule has 33 heavy (non-hydrogen) atoms. The number of aryl methyl sites for hydroxylation is 1. The summed E-state index contributed by atoms with van der Waals surface area (Å²) in [5.41, 5.74) is 6.70. The lowest BCUT2D eigenvalue weighted by Gasteiger charge is -2.50. The number of allylic oxidation sites excluding steroid dienone is 1. The van der Waals surface area contributed by atoms with E-state index >= 15 is 0 Å². The fourth-order valence-electron chi connectivity index (χ4n) is 6.17. The number of hydrogen-bond donors (Lipinski definition) is 3. The zero-order valence-corrected chi connectivity index (χ0v) is 18.9. The molecular formula is C28H30N2O3. The lowest BCUT2D eigenvalue weighted by Crippen LogP contribution is -2.50. The third-order valence-electron chi connectivity index (χ3n) is 7.72. The van der Waals surface area contributed by atoms with Crippen LogP contribution in [0.3, 0.4) is 0 Å². The third-order valence-corrected chi connectivity index (χ3v) is 7.72. The molecule has 3 atom stereocenters.